The first-order valence-corrected chi connectivity index (χ1v) is 11.3. The number of para-hydroxylation sites is 1. The summed E-state index contributed by atoms with van der Waals surface area (Å²) in [5.74, 6) is 0.351. The van der Waals surface area contributed by atoms with E-state index in [2.05, 4.69) is 26.3 Å². The highest BCUT2D eigenvalue weighted by atomic mass is 35.5. The summed E-state index contributed by atoms with van der Waals surface area (Å²) >= 11 is 6.52. The molecule has 0 unspecified atom stereocenters. The molecule has 0 spiro atoms. The van der Waals surface area contributed by atoms with E-state index in [9.17, 15) is 4.79 Å². The van der Waals surface area contributed by atoms with Crippen molar-refractivity contribution in [1.29, 1.82) is 0 Å². The van der Waals surface area contributed by atoms with Crippen LogP contribution < -0.4 is 5.32 Å². The number of benzene rings is 1. The molecule has 4 aromatic rings. The summed E-state index contributed by atoms with van der Waals surface area (Å²) in [6.07, 6.45) is 14.5. The van der Waals surface area contributed by atoms with E-state index >= 15 is 0 Å². The van der Waals surface area contributed by atoms with E-state index in [1.807, 2.05) is 30.5 Å². The van der Waals surface area contributed by atoms with Crippen LogP contribution in [0.2, 0.25) is 5.02 Å². The first-order valence-electron chi connectivity index (χ1n) is 10.9. The van der Waals surface area contributed by atoms with Gasteiger partial charge in [0.1, 0.15) is 0 Å². The fourth-order valence-corrected chi connectivity index (χ4v) is 5.08. The maximum absolute atomic E-state index is 13.4. The third-order valence-electron chi connectivity index (χ3n) is 6.46. The molecule has 162 valence electrons. The number of hydrogen-bond donors (Lipinski definition) is 1. The van der Waals surface area contributed by atoms with Crippen molar-refractivity contribution >= 4 is 28.4 Å². The third kappa shape index (κ3) is 3.75. The van der Waals surface area contributed by atoms with E-state index in [4.69, 9.17) is 11.6 Å². The van der Waals surface area contributed by atoms with Crippen LogP contribution in [0.1, 0.15) is 48.0 Å². The Morgan fingerprint density at radius 2 is 1.84 bits per heavy atom. The Morgan fingerprint density at radius 3 is 2.59 bits per heavy atom. The fourth-order valence-electron chi connectivity index (χ4n) is 4.81. The molecule has 0 bridgehead atoms. The Morgan fingerprint density at radius 1 is 1.03 bits per heavy atom. The molecule has 0 radical (unpaired) electrons. The Kier molecular flexibility index (Phi) is 5.62. The number of amides is 1. The molecule has 32 heavy (non-hydrogen) atoms. The minimum atomic E-state index is -0.124. The minimum Gasteiger partial charge on any atom is -0.351 e. The lowest BCUT2D eigenvalue weighted by atomic mass is 9.70. The van der Waals surface area contributed by atoms with Crippen LogP contribution in [-0.2, 0) is 5.41 Å². The number of fused-ring (bicyclic) bond motifs is 1. The quantitative estimate of drug-likeness (QED) is 0.463. The van der Waals surface area contributed by atoms with Crippen LogP contribution in [0.5, 0.6) is 0 Å². The van der Waals surface area contributed by atoms with E-state index in [-0.39, 0.29) is 11.3 Å². The molecule has 5 rings (SSSR count). The minimum absolute atomic E-state index is 0.0826. The zero-order chi connectivity index (χ0) is 22.0. The summed E-state index contributed by atoms with van der Waals surface area (Å²) in [6.45, 7) is 0.576. The van der Waals surface area contributed by atoms with E-state index in [0.717, 1.165) is 36.6 Å². The largest absolute Gasteiger partial charge is 0.351 e. The van der Waals surface area contributed by atoms with E-state index in [1.165, 1.54) is 12.0 Å². The molecule has 0 atom stereocenters. The number of carbonyl (C=O) groups excluding carboxylic acids is 1. The summed E-state index contributed by atoms with van der Waals surface area (Å²) in [6, 6.07) is 11.4. The normalized spacial score (nSPS) is 15.5. The molecule has 7 heteroatoms. The predicted octanol–water partition coefficient (Wildman–Crippen LogP) is 5.10. The molecule has 1 aliphatic carbocycles. The standard InChI is InChI=1S/C25H24ClN5O/c26-21-9-4-8-19-20(16-31(22(19)21)24-28-13-6-14-29-24)23(32)30-17-25(10-2-1-3-11-25)18-7-5-12-27-15-18/h4-9,12-16H,1-3,10-11,17H2,(H,30,32). The zero-order valence-corrected chi connectivity index (χ0v) is 18.4. The molecular formula is C25H24ClN5O. The lowest BCUT2D eigenvalue weighted by molar-refractivity contribution is 0.0938. The van der Waals surface area contributed by atoms with Gasteiger partial charge in [-0.05, 0) is 36.6 Å². The Hall–Kier alpha value is -3.25. The maximum atomic E-state index is 13.4. The van der Waals surface area contributed by atoms with Crippen molar-refractivity contribution in [2.75, 3.05) is 6.54 Å². The van der Waals surface area contributed by atoms with Gasteiger partial charge in [0, 0.05) is 48.3 Å². The Labute approximate surface area is 191 Å². The van der Waals surface area contributed by atoms with Gasteiger partial charge in [0.15, 0.2) is 0 Å². The molecule has 1 aliphatic rings. The van der Waals surface area contributed by atoms with Gasteiger partial charge in [0.25, 0.3) is 5.91 Å². The van der Waals surface area contributed by atoms with Gasteiger partial charge < -0.3 is 5.32 Å². The van der Waals surface area contributed by atoms with Gasteiger partial charge in [0.05, 0.1) is 16.1 Å². The average molecular weight is 446 g/mol. The SMILES string of the molecule is O=C(NCC1(c2cccnc2)CCCCC1)c1cn(-c2ncccn2)c2c(Cl)cccc12. The highest BCUT2D eigenvalue weighted by Crippen LogP contribution is 2.39. The topological polar surface area (TPSA) is 72.7 Å². The van der Waals surface area contributed by atoms with Crippen LogP contribution in [0, 0.1) is 0 Å². The lowest BCUT2D eigenvalue weighted by Crippen LogP contribution is -2.42. The molecule has 3 heterocycles. The average Bonchev–Trinajstić information content (AvgIpc) is 3.25. The van der Waals surface area contributed by atoms with Crippen LogP contribution >= 0.6 is 11.6 Å². The molecule has 3 aromatic heterocycles. The maximum Gasteiger partial charge on any atom is 0.253 e. The summed E-state index contributed by atoms with van der Waals surface area (Å²) < 4.78 is 1.78. The Bertz CT molecular complexity index is 1230. The fraction of sp³-hybridized carbons (Fsp3) is 0.280. The van der Waals surface area contributed by atoms with Gasteiger partial charge in [-0.2, -0.15) is 0 Å². The summed E-state index contributed by atoms with van der Waals surface area (Å²) in [4.78, 5) is 26.4. The highest BCUT2D eigenvalue weighted by molar-refractivity contribution is 6.35. The first-order chi connectivity index (χ1) is 15.7. The second-order valence-electron chi connectivity index (χ2n) is 8.36. The molecule has 1 N–H and O–H groups in total. The van der Waals surface area contributed by atoms with Crippen LogP contribution in [0.25, 0.3) is 16.9 Å². The number of halogens is 1. The number of pyridine rings is 1. The summed E-state index contributed by atoms with van der Waals surface area (Å²) in [7, 11) is 0. The summed E-state index contributed by atoms with van der Waals surface area (Å²) in [5, 5.41) is 4.55. The van der Waals surface area contributed by atoms with Crippen molar-refractivity contribution in [1.82, 2.24) is 24.8 Å². The molecule has 6 nitrogen and oxygen atoms in total. The second kappa shape index (κ2) is 8.71. The number of nitrogens with one attached hydrogen (secondary N) is 1. The van der Waals surface area contributed by atoms with Crippen molar-refractivity contribution in [3.63, 3.8) is 0 Å². The monoisotopic (exact) mass is 445 g/mol. The van der Waals surface area contributed by atoms with Gasteiger partial charge in [-0.15, -0.1) is 0 Å². The van der Waals surface area contributed by atoms with Crippen molar-refractivity contribution in [3.05, 3.63) is 83.5 Å². The van der Waals surface area contributed by atoms with Crippen LogP contribution in [0.3, 0.4) is 0 Å². The van der Waals surface area contributed by atoms with Crippen LogP contribution in [0.15, 0.2) is 67.4 Å². The van der Waals surface area contributed by atoms with Crippen molar-refractivity contribution < 1.29 is 4.79 Å². The highest BCUT2D eigenvalue weighted by Gasteiger charge is 2.34. The Balaban J connectivity index is 1.48. The van der Waals surface area contributed by atoms with E-state index in [1.54, 1.807) is 35.4 Å². The van der Waals surface area contributed by atoms with Crippen LogP contribution in [-0.4, -0.2) is 32.0 Å². The smallest absolute Gasteiger partial charge is 0.253 e. The molecule has 0 aliphatic heterocycles. The molecular weight excluding hydrogens is 422 g/mol. The molecule has 1 fully saturated rings. The first kappa shape index (κ1) is 20.6. The van der Waals surface area contributed by atoms with Crippen molar-refractivity contribution in [2.24, 2.45) is 0 Å². The molecule has 1 aromatic carbocycles. The zero-order valence-electron chi connectivity index (χ0n) is 17.7. The van der Waals surface area contributed by atoms with Gasteiger partial charge in [-0.1, -0.05) is 49.1 Å². The van der Waals surface area contributed by atoms with Gasteiger partial charge in [0.2, 0.25) is 5.95 Å². The second-order valence-corrected chi connectivity index (χ2v) is 8.77. The number of aromatic nitrogens is 4. The van der Waals surface area contributed by atoms with Crippen molar-refractivity contribution in [3.8, 4) is 5.95 Å². The lowest BCUT2D eigenvalue weighted by Gasteiger charge is -2.37. The van der Waals surface area contributed by atoms with Gasteiger partial charge in [-0.3, -0.25) is 14.3 Å². The van der Waals surface area contributed by atoms with Gasteiger partial charge in [-0.25, -0.2) is 9.97 Å². The van der Waals surface area contributed by atoms with E-state index in [0.29, 0.717) is 23.1 Å². The number of hydrogen-bond acceptors (Lipinski definition) is 4. The number of nitrogens with zero attached hydrogens (tertiary/aromatic N) is 4. The third-order valence-corrected chi connectivity index (χ3v) is 6.77. The number of carbonyl (C=O) groups is 1. The molecule has 1 amide bonds. The van der Waals surface area contributed by atoms with Gasteiger partial charge >= 0.3 is 0 Å². The summed E-state index contributed by atoms with van der Waals surface area (Å²) in [5.41, 5.74) is 2.40. The molecule has 0 saturated heterocycles. The van der Waals surface area contributed by atoms with Crippen LogP contribution in [0.4, 0.5) is 0 Å². The predicted molar refractivity (Wildman–Crippen MR) is 125 cm³/mol. The molecule has 1 saturated carbocycles. The number of rotatable bonds is 5. The van der Waals surface area contributed by atoms with E-state index < -0.39 is 0 Å². The van der Waals surface area contributed by atoms with Crippen molar-refractivity contribution in [2.45, 2.75) is 37.5 Å².